The van der Waals surface area contributed by atoms with Crippen molar-refractivity contribution in [1.29, 1.82) is 5.26 Å². The van der Waals surface area contributed by atoms with Crippen molar-refractivity contribution in [2.45, 2.75) is 6.18 Å². The average molecular weight is 299 g/mol. The fraction of sp³-hybridized carbons (Fsp3) is 0.0833. The summed E-state index contributed by atoms with van der Waals surface area (Å²) in [6.07, 6.45) is -3.43. The molecule has 0 saturated heterocycles. The third kappa shape index (κ3) is 3.16. The monoisotopic (exact) mass is 298 g/mol. The zero-order chi connectivity index (χ0) is 14.8. The molecular weight excluding hydrogens is 293 g/mol. The zero-order valence-corrected chi connectivity index (χ0v) is 10.5. The molecule has 0 aliphatic carbocycles. The molecule has 1 heterocycles. The Kier molecular flexibility index (Phi) is 3.77. The average Bonchev–Trinajstić information content (AvgIpc) is 2.37. The van der Waals surface area contributed by atoms with Crippen LogP contribution >= 0.6 is 11.6 Å². The van der Waals surface area contributed by atoms with Crippen LogP contribution < -0.4 is 5.32 Å². The van der Waals surface area contributed by atoms with E-state index in [1.807, 2.05) is 0 Å². The Labute approximate surface area is 116 Å². The molecule has 2 rings (SSSR count). The van der Waals surface area contributed by atoms with Gasteiger partial charge in [-0.2, -0.15) is 18.4 Å². The van der Waals surface area contributed by atoms with E-state index < -0.39 is 17.3 Å². The van der Waals surface area contributed by atoms with Crippen LogP contribution in [-0.2, 0) is 6.18 Å². The number of rotatable bonds is 2. The quantitative estimate of drug-likeness (QED) is 0.857. The van der Waals surface area contributed by atoms with Gasteiger partial charge in [0.1, 0.15) is 17.3 Å². The molecule has 0 bridgehead atoms. The van der Waals surface area contributed by atoms with Gasteiger partial charge < -0.3 is 5.32 Å². The van der Waals surface area contributed by atoms with Gasteiger partial charge in [0, 0.05) is 11.8 Å². The van der Waals surface area contributed by atoms with Crippen LogP contribution in [0.5, 0.6) is 0 Å². The summed E-state index contributed by atoms with van der Waals surface area (Å²) >= 11 is 5.65. The molecule has 1 aromatic carbocycles. The molecule has 2 aromatic rings. The minimum absolute atomic E-state index is 0.145. The second kappa shape index (κ2) is 5.35. The lowest BCUT2D eigenvalue weighted by atomic mass is 10.1. The van der Waals surface area contributed by atoms with Crippen molar-refractivity contribution < 1.29 is 13.2 Å². The maximum absolute atomic E-state index is 12.8. The summed E-state index contributed by atoms with van der Waals surface area (Å²) in [6.45, 7) is 0. The smallest absolute Gasteiger partial charge is 0.340 e. The predicted molar refractivity (Wildman–Crippen MR) is 66.5 cm³/mol. The van der Waals surface area contributed by atoms with Crippen molar-refractivity contribution in [1.82, 2.24) is 9.97 Å². The van der Waals surface area contributed by atoms with Gasteiger partial charge in [0.2, 0.25) is 0 Å². The van der Waals surface area contributed by atoms with Crippen LogP contribution in [-0.4, -0.2) is 9.97 Å². The van der Waals surface area contributed by atoms with E-state index in [9.17, 15) is 13.2 Å². The number of alkyl halides is 3. The molecular formula is C12H6ClF3N4. The van der Waals surface area contributed by atoms with Gasteiger partial charge in [0.15, 0.2) is 0 Å². The summed E-state index contributed by atoms with van der Waals surface area (Å²) in [5.74, 6) is 0.253. The number of benzene rings is 1. The number of anilines is 2. The molecule has 0 amide bonds. The SMILES string of the molecule is N#Cc1ccc(Nc2cc(Cl)ncn2)cc1C(F)(F)F. The van der Waals surface area contributed by atoms with E-state index in [2.05, 4.69) is 15.3 Å². The van der Waals surface area contributed by atoms with E-state index in [-0.39, 0.29) is 16.7 Å². The molecule has 1 aromatic heterocycles. The number of hydrogen-bond acceptors (Lipinski definition) is 4. The Morgan fingerprint density at radius 1 is 1.20 bits per heavy atom. The lowest BCUT2D eigenvalue weighted by Gasteiger charge is -2.11. The molecule has 0 fully saturated rings. The van der Waals surface area contributed by atoms with Crippen molar-refractivity contribution in [3.8, 4) is 6.07 Å². The molecule has 0 spiro atoms. The lowest BCUT2D eigenvalue weighted by molar-refractivity contribution is -0.137. The molecule has 0 aliphatic rings. The van der Waals surface area contributed by atoms with Crippen LogP contribution in [0.25, 0.3) is 0 Å². The summed E-state index contributed by atoms with van der Waals surface area (Å²) in [5, 5.41) is 11.5. The normalized spacial score (nSPS) is 10.9. The highest BCUT2D eigenvalue weighted by atomic mass is 35.5. The summed E-state index contributed by atoms with van der Waals surface area (Å²) in [7, 11) is 0. The highest BCUT2D eigenvalue weighted by Crippen LogP contribution is 2.34. The Morgan fingerprint density at radius 3 is 2.55 bits per heavy atom. The van der Waals surface area contributed by atoms with Crippen LogP contribution in [0, 0.1) is 11.3 Å². The van der Waals surface area contributed by atoms with Gasteiger partial charge >= 0.3 is 6.18 Å². The molecule has 0 radical (unpaired) electrons. The van der Waals surface area contributed by atoms with Crippen molar-refractivity contribution in [3.63, 3.8) is 0 Å². The van der Waals surface area contributed by atoms with Crippen LogP contribution in [0.1, 0.15) is 11.1 Å². The first-order valence-electron chi connectivity index (χ1n) is 5.26. The fourth-order valence-electron chi connectivity index (χ4n) is 1.50. The Hall–Kier alpha value is -2.33. The summed E-state index contributed by atoms with van der Waals surface area (Å²) in [6, 6.07) is 6.16. The first kappa shape index (κ1) is 14.1. The van der Waals surface area contributed by atoms with Gasteiger partial charge in [-0.1, -0.05) is 11.6 Å². The number of nitrogens with one attached hydrogen (secondary N) is 1. The van der Waals surface area contributed by atoms with Crippen LogP contribution in [0.15, 0.2) is 30.6 Å². The van der Waals surface area contributed by atoms with Crippen molar-refractivity contribution in [2.75, 3.05) is 5.32 Å². The zero-order valence-electron chi connectivity index (χ0n) is 9.74. The number of aromatic nitrogens is 2. The molecule has 0 atom stereocenters. The van der Waals surface area contributed by atoms with Gasteiger partial charge in [-0.05, 0) is 18.2 Å². The van der Waals surface area contributed by atoms with E-state index in [0.29, 0.717) is 0 Å². The first-order valence-corrected chi connectivity index (χ1v) is 5.64. The maximum atomic E-state index is 12.8. The molecule has 4 nitrogen and oxygen atoms in total. The number of hydrogen-bond donors (Lipinski definition) is 1. The summed E-state index contributed by atoms with van der Waals surface area (Å²) in [4.78, 5) is 7.47. The number of nitrogens with zero attached hydrogens (tertiary/aromatic N) is 3. The number of halogens is 4. The molecule has 0 unspecified atom stereocenters. The van der Waals surface area contributed by atoms with Gasteiger partial charge in [-0.25, -0.2) is 9.97 Å². The topological polar surface area (TPSA) is 61.6 Å². The minimum atomic E-state index is -4.61. The summed E-state index contributed by atoms with van der Waals surface area (Å²) in [5.41, 5.74) is -1.31. The predicted octanol–water partition coefficient (Wildman–Crippen LogP) is 3.76. The van der Waals surface area contributed by atoms with E-state index in [1.165, 1.54) is 24.5 Å². The molecule has 20 heavy (non-hydrogen) atoms. The van der Waals surface area contributed by atoms with Crippen molar-refractivity contribution >= 4 is 23.1 Å². The standard InChI is InChI=1S/C12H6ClF3N4/c13-10-4-11(19-6-18-10)20-8-2-1-7(5-17)9(3-8)12(14,15)16/h1-4,6H,(H,18,19,20). The van der Waals surface area contributed by atoms with Gasteiger partial charge in [0.05, 0.1) is 17.2 Å². The lowest BCUT2D eigenvalue weighted by Crippen LogP contribution is -2.08. The van der Waals surface area contributed by atoms with Crippen LogP contribution in [0.2, 0.25) is 5.15 Å². The van der Waals surface area contributed by atoms with Crippen molar-refractivity contribution in [3.05, 3.63) is 46.9 Å². The largest absolute Gasteiger partial charge is 0.417 e. The molecule has 8 heteroatoms. The third-order valence-corrected chi connectivity index (χ3v) is 2.56. The second-order valence-corrected chi connectivity index (χ2v) is 4.11. The molecule has 0 aliphatic heterocycles. The third-order valence-electron chi connectivity index (χ3n) is 2.35. The Bertz CT molecular complexity index is 679. The van der Waals surface area contributed by atoms with Gasteiger partial charge in [-0.15, -0.1) is 0 Å². The Morgan fingerprint density at radius 2 is 1.95 bits per heavy atom. The highest BCUT2D eigenvalue weighted by molar-refractivity contribution is 6.29. The van der Waals surface area contributed by atoms with Crippen LogP contribution in [0.3, 0.4) is 0 Å². The highest BCUT2D eigenvalue weighted by Gasteiger charge is 2.33. The van der Waals surface area contributed by atoms with Crippen LogP contribution in [0.4, 0.5) is 24.7 Å². The molecule has 0 saturated carbocycles. The van der Waals surface area contributed by atoms with E-state index in [4.69, 9.17) is 16.9 Å². The molecule has 1 N–H and O–H groups in total. The maximum Gasteiger partial charge on any atom is 0.417 e. The number of nitriles is 1. The van der Waals surface area contributed by atoms with Gasteiger partial charge in [-0.3, -0.25) is 0 Å². The molecule has 102 valence electrons. The second-order valence-electron chi connectivity index (χ2n) is 3.72. The first-order chi connectivity index (χ1) is 9.40. The fourth-order valence-corrected chi connectivity index (χ4v) is 1.65. The minimum Gasteiger partial charge on any atom is -0.340 e. The summed E-state index contributed by atoms with van der Waals surface area (Å²) < 4.78 is 38.4. The Balaban J connectivity index is 2.37. The van der Waals surface area contributed by atoms with E-state index >= 15 is 0 Å². The van der Waals surface area contributed by atoms with E-state index in [0.717, 1.165) is 12.1 Å². The van der Waals surface area contributed by atoms with E-state index in [1.54, 1.807) is 0 Å². The van der Waals surface area contributed by atoms with Gasteiger partial charge in [0.25, 0.3) is 0 Å². The van der Waals surface area contributed by atoms with Crippen molar-refractivity contribution in [2.24, 2.45) is 0 Å².